The quantitative estimate of drug-likeness (QED) is 0.626. The van der Waals surface area contributed by atoms with Crippen LogP contribution < -0.4 is 0 Å². The molecule has 7 heteroatoms. The van der Waals surface area contributed by atoms with E-state index in [-0.39, 0.29) is 5.91 Å². The van der Waals surface area contributed by atoms with Crippen molar-refractivity contribution in [2.45, 2.75) is 26.2 Å². The number of aromatic nitrogens is 2. The molecule has 1 aliphatic heterocycles. The average Bonchev–Trinajstić information content (AvgIpc) is 3.31. The van der Waals surface area contributed by atoms with Crippen LogP contribution in [-0.4, -0.2) is 34.0 Å². The second-order valence-electron chi connectivity index (χ2n) is 6.89. The highest BCUT2D eigenvalue weighted by molar-refractivity contribution is 7.17. The Hall–Kier alpha value is -2.18. The van der Waals surface area contributed by atoms with Crippen LogP contribution in [0.15, 0.2) is 40.9 Å². The van der Waals surface area contributed by atoms with Crippen molar-refractivity contribution in [3.05, 3.63) is 57.1 Å². The Morgan fingerprint density at radius 2 is 2.19 bits per heavy atom. The van der Waals surface area contributed by atoms with Crippen molar-refractivity contribution in [2.24, 2.45) is 5.92 Å². The van der Waals surface area contributed by atoms with Crippen molar-refractivity contribution in [2.75, 3.05) is 13.1 Å². The summed E-state index contributed by atoms with van der Waals surface area (Å²) in [5.41, 5.74) is 2.11. The van der Waals surface area contributed by atoms with Gasteiger partial charge < -0.3 is 9.42 Å². The highest BCUT2D eigenvalue weighted by atomic mass is 35.5. The third kappa shape index (κ3) is 4.06. The molecule has 1 aromatic carbocycles. The van der Waals surface area contributed by atoms with E-state index in [0.717, 1.165) is 30.5 Å². The topological polar surface area (TPSA) is 59.2 Å². The van der Waals surface area contributed by atoms with Gasteiger partial charge in [0.25, 0.3) is 5.91 Å². The number of carbonyl (C=O) groups excluding carboxylic acids is 1. The summed E-state index contributed by atoms with van der Waals surface area (Å²) in [4.78, 5) is 19.8. The monoisotopic (exact) mass is 401 g/mol. The molecule has 1 amide bonds. The van der Waals surface area contributed by atoms with Gasteiger partial charge in [0.1, 0.15) is 0 Å². The van der Waals surface area contributed by atoms with E-state index >= 15 is 0 Å². The maximum absolute atomic E-state index is 12.7. The van der Waals surface area contributed by atoms with Crippen molar-refractivity contribution >= 4 is 28.8 Å². The Bertz CT molecular complexity index is 952. The number of piperidine rings is 1. The molecule has 3 aromatic rings. The SMILES string of the molecule is Cc1ccccc1-c1noc(C[C@H]2CCCN(C(=O)c3ccc(Cl)s3)C2)n1. The number of carbonyl (C=O) groups is 1. The van der Waals surface area contributed by atoms with Crippen LogP contribution in [-0.2, 0) is 6.42 Å². The van der Waals surface area contributed by atoms with E-state index in [2.05, 4.69) is 10.1 Å². The van der Waals surface area contributed by atoms with E-state index in [1.54, 1.807) is 12.1 Å². The Balaban J connectivity index is 1.43. The first kappa shape index (κ1) is 18.2. The number of hydrogen-bond donors (Lipinski definition) is 0. The van der Waals surface area contributed by atoms with Crippen LogP contribution in [0.1, 0.15) is 34.0 Å². The maximum Gasteiger partial charge on any atom is 0.263 e. The standard InChI is InChI=1S/C20H20ClN3O2S/c1-13-5-2-3-7-15(13)19-22-18(26-23-19)11-14-6-4-10-24(12-14)20(25)16-8-9-17(21)27-16/h2-3,5,7-9,14H,4,6,10-12H2,1H3/t14-/m1/s1. The summed E-state index contributed by atoms with van der Waals surface area (Å²) in [6.07, 6.45) is 2.72. The van der Waals surface area contributed by atoms with Crippen LogP contribution in [0, 0.1) is 12.8 Å². The Labute approximate surface area is 167 Å². The predicted molar refractivity (Wildman–Crippen MR) is 106 cm³/mol. The fourth-order valence-electron chi connectivity index (χ4n) is 3.52. The minimum Gasteiger partial charge on any atom is -0.339 e. The second kappa shape index (κ2) is 7.82. The molecule has 5 nitrogen and oxygen atoms in total. The predicted octanol–water partition coefficient (Wildman–Crippen LogP) is 4.85. The van der Waals surface area contributed by atoms with E-state index in [1.807, 2.05) is 36.1 Å². The van der Waals surface area contributed by atoms with E-state index in [1.165, 1.54) is 11.3 Å². The third-order valence-corrected chi connectivity index (χ3v) is 6.13. The zero-order valence-electron chi connectivity index (χ0n) is 15.0. The number of hydrogen-bond acceptors (Lipinski definition) is 5. The lowest BCUT2D eigenvalue weighted by Crippen LogP contribution is -2.40. The zero-order valence-corrected chi connectivity index (χ0v) is 16.6. The van der Waals surface area contributed by atoms with Crippen LogP contribution in [0.4, 0.5) is 0 Å². The molecule has 4 rings (SSSR count). The lowest BCUT2D eigenvalue weighted by atomic mass is 9.94. The number of halogens is 1. The Morgan fingerprint density at radius 3 is 2.96 bits per heavy atom. The molecule has 0 saturated carbocycles. The van der Waals surface area contributed by atoms with E-state index < -0.39 is 0 Å². The zero-order chi connectivity index (χ0) is 18.8. The highest BCUT2D eigenvalue weighted by Crippen LogP contribution is 2.27. The maximum atomic E-state index is 12.7. The normalized spacial score (nSPS) is 17.3. The van der Waals surface area contributed by atoms with E-state index in [0.29, 0.717) is 39.8 Å². The molecule has 2 aromatic heterocycles. The van der Waals surface area contributed by atoms with Crippen LogP contribution >= 0.6 is 22.9 Å². The molecule has 27 heavy (non-hydrogen) atoms. The van der Waals surface area contributed by atoms with Gasteiger partial charge in [0.15, 0.2) is 0 Å². The summed E-state index contributed by atoms with van der Waals surface area (Å²) in [7, 11) is 0. The number of rotatable bonds is 4. The molecule has 140 valence electrons. The molecule has 0 N–H and O–H groups in total. The fourth-order valence-corrected chi connectivity index (χ4v) is 4.53. The van der Waals surface area contributed by atoms with Crippen molar-refractivity contribution in [1.82, 2.24) is 15.0 Å². The molecule has 0 unspecified atom stereocenters. The molecule has 1 aliphatic rings. The van der Waals surface area contributed by atoms with Crippen molar-refractivity contribution in [1.29, 1.82) is 0 Å². The summed E-state index contributed by atoms with van der Waals surface area (Å²) in [6.45, 7) is 3.52. The molecule has 0 bridgehead atoms. The van der Waals surface area contributed by atoms with Crippen molar-refractivity contribution in [3.8, 4) is 11.4 Å². The molecule has 0 spiro atoms. The number of likely N-dealkylation sites (tertiary alicyclic amines) is 1. The van der Waals surface area contributed by atoms with Gasteiger partial charge in [-0.2, -0.15) is 4.98 Å². The molecule has 1 saturated heterocycles. The lowest BCUT2D eigenvalue weighted by Gasteiger charge is -2.31. The third-order valence-electron chi connectivity index (χ3n) is 4.91. The van der Waals surface area contributed by atoms with Crippen molar-refractivity contribution in [3.63, 3.8) is 0 Å². The Kier molecular flexibility index (Phi) is 5.27. The molecule has 0 radical (unpaired) electrons. The van der Waals surface area contributed by atoms with Crippen molar-refractivity contribution < 1.29 is 9.32 Å². The van der Waals surface area contributed by atoms with Gasteiger partial charge in [-0.1, -0.05) is 41.0 Å². The summed E-state index contributed by atoms with van der Waals surface area (Å²) >= 11 is 7.29. The number of benzene rings is 1. The highest BCUT2D eigenvalue weighted by Gasteiger charge is 2.27. The van der Waals surface area contributed by atoms with Gasteiger partial charge in [0.2, 0.25) is 11.7 Å². The van der Waals surface area contributed by atoms with Gasteiger partial charge in [0, 0.05) is 25.1 Å². The summed E-state index contributed by atoms with van der Waals surface area (Å²) in [5.74, 6) is 1.64. The van der Waals surface area contributed by atoms with E-state index in [9.17, 15) is 4.79 Å². The molecule has 3 heterocycles. The van der Waals surface area contributed by atoms with Crippen LogP contribution in [0.5, 0.6) is 0 Å². The number of thiophene rings is 1. The Morgan fingerprint density at radius 1 is 1.33 bits per heavy atom. The minimum atomic E-state index is 0.0581. The number of nitrogens with zero attached hydrogens (tertiary/aromatic N) is 3. The molecule has 0 aliphatic carbocycles. The first-order valence-electron chi connectivity index (χ1n) is 9.03. The summed E-state index contributed by atoms with van der Waals surface area (Å²) in [5, 5.41) is 4.14. The summed E-state index contributed by atoms with van der Waals surface area (Å²) < 4.78 is 6.12. The van der Waals surface area contributed by atoms with Gasteiger partial charge in [-0.25, -0.2) is 0 Å². The number of amides is 1. The first-order valence-corrected chi connectivity index (χ1v) is 10.2. The van der Waals surface area contributed by atoms with E-state index in [4.69, 9.17) is 16.1 Å². The average molecular weight is 402 g/mol. The molecular weight excluding hydrogens is 382 g/mol. The van der Waals surface area contributed by atoms with Crippen LogP contribution in [0.2, 0.25) is 4.34 Å². The van der Waals surface area contributed by atoms with Gasteiger partial charge in [0.05, 0.1) is 9.21 Å². The van der Waals surface area contributed by atoms with Gasteiger partial charge in [-0.05, 0) is 43.4 Å². The molecule has 1 fully saturated rings. The first-order chi connectivity index (χ1) is 13.1. The fraction of sp³-hybridized carbons (Fsp3) is 0.350. The van der Waals surface area contributed by atoms with Crippen LogP contribution in [0.3, 0.4) is 0 Å². The van der Waals surface area contributed by atoms with Gasteiger partial charge in [-0.3, -0.25) is 4.79 Å². The second-order valence-corrected chi connectivity index (χ2v) is 8.61. The van der Waals surface area contributed by atoms with Gasteiger partial charge in [-0.15, -0.1) is 11.3 Å². The van der Waals surface area contributed by atoms with Crippen LogP contribution in [0.25, 0.3) is 11.4 Å². The number of aryl methyl sites for hydroxylation is 1. The largest absolute Gasteiger partial charge is 0.339 e. The lowest BCUT2D eigenvalue weighted by molar-refractivity contribution is 0.0673. The smallest absolute Gasteiger partial charge is 0.263 e. The molecule has 1 atom stereocenters. The van der Waals surface area contributed by atoms with Gasteiger partial charge >= 0.3 is 0 Å². The minimum absolute atomic E-state index is 0.0581. The summed E-state index contributed by atoms with van der Waals surface area (Å²) in [6, 6.07) is 11.6. The molecular formula is C20H20ClN3O2S.